The average Bonchev–Trinajstić information content (AvgIpc) is 0.919. The summed E-state index contributed by atoms with van der Waals surface area (Å²) in [6.45, 7) is 27.4. The van der Waals surface area contributed by atoms with Crippen molar-refractivity contribution in [3.05, 3.63) is 259 Å². The minimum atomic E-state index is -2.07. The largest absolute Gasteiger partial charge is 0.310 e. The molecular weight excluding hydrogens is 1050 g/mol. The van der Waals surface area contributed by atoms with E-state index < -0.39 is 44.4 Å². The molecule has 0 N–H and O–H groups in total. The molecule has 0 unspecified atom stereocenters. The summed E-state index contributed by atoms with van der Waals surface area (Å²) in [6.07, 6.45) is 0. The van der Waals surface area contributed by atoms with Crippen LogP contribution in [0, 0.1) is 0 Å². The Hall–Kier alpha value is -8.90. The summed E-state index contributed by atoms with van der Waals surface area (Å²) < 4.78 is 76.4. The molecule has 11 aromatic carbocycles. The Morgan fingerprint density at radius 2 is 0.756 bits per heavy atom. The SMILES string of the molecule is [2H]c1c([2H])c([2H])c2c(c1[2H])c1c([2H])c([2H])c([2H])c([2H])c1n2-c1ccc2c(c1)N(c1c(-c3ccccc3)cc(C(C)(C)C)cc1-c1ccccc1)c1cc(C(C)(C)C)cc3c1B2c1cc([Si](C)(C)C)ccc1N3c1c(-c2ccccc2)cc(C(C)(C)C)cc1-c1ccccc1. The number of anilines is 6. The summed E-state index contributed by atoms with van der Waals surface area (Å²) in [5.41, 5.74) is 20.7. The van der Waals surface area contributed by atoms with E-state index >= 15 is 0 Å². The summed E-state index contributed by atoms with van der Waals surface area (Å²) in [4.78, 5) is 5.07. The highest BCUT2D eigenvalue weighted by molar-refractivity contribution is 7.01. The van der Waals surface area contributed by atoms with Gasteiger partial charge in [-0.2, -0.15) is 0 Å². The lowest BCUT2D eigenvalue weighted by Crippen LogP contribution is -2.62. The van der Waals surface area contributed by atoms with E-state index in [9.17, 15) is 8.22 Å². The van der Waals surface area contributed by atoms with Crippen molar-refractivity contribution in [2.45, 2.75) is 98.2 Å². The molecule has 0 amide bonds. The van der Waals surface area contributed by atoms with Crippen LogP contribution in [0.15, 0.2) is 242 Å². The molecule has 0 saturated carbocycles. The minimum Gasteiger partial charge on any atom is -0.310 e. The van der Waals surface area contributed by atoms with Gasteiger partial charge in [0.15, 0.2) is 0 Å². The first kappa shape index (κ1) is 46.4. The van der Waals surface area contributed by atoms with E-state index in [0.29, 0.717) is 5.69 Å². The van der Waals surface area contributed by atoms with E-state index in [1.54, 1.807) is 4.57 Å². The van der Waals surface area contributed by atoms with Crippen LogP contribution in [0.2, 0.25) is 19.6 Å². The highest BCUT2D eigenvalue weighted by Gasteiger charge is 2.47. The third kappa shape index (κ3) is 9.25. The molecule has 0 atom stereocenters. The van der Waals surface area contributed by atoms with Gasteiger partial charge in [-0.1, -0.05) is 263 Å². The smallest absolute Gasteiger partial charge is 0.252 e. The maximum absolute atomic E-state index is 9.73. The van der Waals surface area contributed by atoms with Gasteiger partial charge >= 0.3 is 0 Å². The number of aromatic nitrogens is 1. The zero-order valence-corrected chi connectivity index (χ0v) is 52.4. The average molecular weight is 1140 g/mol. The van der Waals surface area contributed by atoms with Crippen LogP contribution in [0.4, 0.5) is 34.1 Å². The van der Waals surface area contributed by atoms with Crippen LogP contribution < -0.4 is 31.4 Å². The van der Waals surface area contributed by atoms with E-state index in [0.717, 1.165) is 106 Å². The molecule has 0 radical (unpaired) electrons. The normalized spacial score (nSPS) is 14.6. The van der Waals surface area contributed by atoms with Crippen LogP contribution in [0.25, 0.3) is 72.0 Å². The fraction of sp³-hybridized carbons (Fsp3) is 0.185. The Morgan fingerprint density at radius 3 is 1.15 bits per heavy atom. The molecular formula is C81H76BN3Si. The summed E-state index contributed by atoms with van der Waals surface area (Å²) in [6, 6.07) is 67.6. The number of hydrogen-bond acceptors (Lipinski definition) is 2. The van der Waals surface area contributed by atoms with Gasteiger partial charge in [0, 0.05) is 61.5 Å². The molecule has 0 fully saturated rings. The number of fused-ring (bicyclic) bond motifs is 7. The van der Waals surface area contributed by atoms with Crippen molar-refractivity contribution in [2.24, 2.45) is 0 Å². The van der Waals surface area contributed by atoms with Crippen molar-refractivity contribution in [1.82, 2.24) is 4.57 Å². The van der Waals surface area contributed by atoms with Crippen molar-refractivity contribution >= 4 is 92.3 Å². The fourth-order valence-electron chi connectivity index (χ4n) is 13.2. The molecule has 0 aliphatic carbocycles. The number of rotatable bonds is 8. The Kier molecular flexibility index (Phi) is 11.0. The van der Waals surface area contributed by atoms with Gasteiger partial charge in [-0.3, -0.25) is 0 Å². The van der Waals surface area contributed by atoms with Gasteiger partial charge in [0.25, 0.3) is 6.71 Å². The van der Waals surface area contributed by atoms with Crippen LogP contribution in [0.3, 0.4) is 0 Å². The Bertz CT molecular complexity index is 4900. The Balaban J connectivity index is 1.22. The first-order valence-electron chi connectivity index (χ1n) is 34.2. The molecule has 14 rings (SSSR count). The summed E-state index contributed by atoms with van der Waals surface area (Å²) in [7, 11) is -2.07. The summed E-state index contributed by atoms with van der Waals surface area (Å²) >= 11 is 0. The molecule has 422 valence electrons. The fourth-order valence-corrected chi connectivity index (χ4v) is 14.3. The Labute approximate surface area is 522 Å². The first-order valence-corrected chi connectivity index (χ1v) is 33.7. The maximum atomic E-state index is 9.73. The number of benzene rings is 11. The van der Waals surface area contributed by atoms with Crippen molar-refractivity contribution in [3.63, 3.8) is 0 Å². The zero-order chi connectivity index (χ0) is 66.6. The standard InChI is InChI=1S/C81H76BN3Si/c1-79(2,3)57-45-64(53-29-17-13-18-30-53)77(65(46-57)54-31-19-14-20-32-54)84-72-44-42-61(86(10,11)12)52-69(72)82-68-43-41-60(83-70-39-27-25-37-62(70)63-38-26-28-40-71(63)83)51-73(68)85(75-50-59(81(7,8)9)49-74(84)76(75)82)78-66(55-33-21-15-22-34-55)47-58(80(4,5)6)48-67(78)56-35-23-16-24-36-56/h13-52H,1-12H3/i25D,26D,27D,28D,37D,38D,39D,40D. The molecule has 2 aliphatic heterocycles. The molecule has 12 aromatic rings. The second-order valence-electron chi connectivity index (χ2n) is 27.6. The highest BCUT2D eigenvalue weighted by Crippen LogP contribution is 2.55. The van der Waals surface area contributed by atoms with Crippen LogP contribution in [-0.4, -0.2) is 19.4 Å². The maximum Gasteiger partial charge on any atom is 0.252 e. The van der Waals surface area contributed by atoms with Crippen molar-refractivity contribution in [3.8, 4) is 50.2 Å². The van der Waals surface area contributed by atoms with Crippen molar-refractivity contribution < 1.29 is 11.0 Å². The quantitative estimate of drug-likeness (QED) is 0.141. The van der Waals surface area contributed by atoms with E-state index in [1.165, 1.54) is 10.8 Å². The minimum absolute atomic E-state index is 0.0309. The van der Waals surface area contributed by atoms with Crippen molar-refractivity contribution in [2.75, 3.05) is 9.80 Å². The second-order valence-corrected chi connectivity index (χ2v) is 32.7. The monoisotopic (exact) mass is 1140 g/mol. The van der Waals surface area contributed by atoms with Gasteiger partial charge in [0.05, 0.1) is 41.4 Å². The Morgan fingerprint density at radius 1 is 0.372 bits per heavy atom. The molecule has 0 bridgehead atoms. The third-order valence-electron chi connectivity index (χ3n) is 17.8. The lowest BCUT2D eigenvalue weighted by atomic mass is 9.33. The number of hydrogen-bond donors (Lipinski definition) is 0. The molecule has 3 heterocycles. The van der Waals surface area contributed by atoms with Gasteiger partial charge in [-0.25, -0.2) is 0 Å². The van der Waals surface area contributed by atoms with E-state index in [2.05, 4.69) is 280 Å². The highest BCUT2D eigenvalue weighted by atomic mass is 28.3. The van der Waals surface area contributed by atoms with E-state index in [1.807, 2.05) is 6.07 Å². The number of nitrogens with zero attached hydrogens (tertiary/aromatic N) is 3. The molecule has 0 saturated heterocycles. The molecule has 1 aromatic heterocycles. The summed E-state index contributed by atoms with van der Waals surface area (Å²) in [5, 5.41) is 1.37. The van der Waals surface area contributed by atoms with Gasteiger partial charge in [0.1, 0.15) is 0 Å². The lowest BCUT2D eigenvalue weighted by molar-refractivity contribution is 0.590. The van der Waals surface area contributed by atoms with Gasteiger partial charge < -0.3 is 14.4 Å². The third-order valence-corrected chi connectivity index (χ3v) is 19.9. The lowest BCUT2D eigenvalue weighted by Gasteiger charge is -2.47. The molecule has 0 spiro atoms. The predicted molar refractivity (Wildman–Crippen MR) is 376 cm³/mol. The van der Waals surface area contributed by atoms with Crippen LogP contribution in [0.1, 0.15) is 90.0 Å². The second kappa shape index (κ2) is 20.4. The zero-order valence-electron chi connectivity index (χ0n) is 59.4. The van der Waals surface area contributed by atoms with Crippen LogP contribution in [0.5, 0.6) is 0 Å². The van der Waals surface area contributed by atoms with Crippen LogP contribution in [-0.2, 0) is 16.2 Å². The first-order chi connectivity index (χ1) is 44.5. The van der Waals surface area contributed by atoms with E-state index in [-0.39, 0.29) is 56.8 Å². The van der Waals surface area contributed by atoms with Gasteiger partial charge in [0.2, 0.25) is 0 Å². The molecule has 2 aliphatic rings. The molecule has 3 nitrogen and oxygen atoms in total. The molecule has 5 heteroatoms. The topological polar surface area (TPSA) is 11.4 Å². The van der Waals surface area contributed by atoms with Gasteiger partial charge in [-0.05, 0) is 138 Å². The van der Waals surface area contributed by atoms with Crippen LogP contribution >= 0.6 is 0 Å². The molecule has 86 heavy (non-hydrogen) atoms. The number of para-hydroxylation sites is 2. The van der Waals surface area contributed by atoms with E-state index in [4.69, 9.17) is 2.74 Å². The summed E-state index contributed by atoms with van der Waals surface area (Å²) in [5.74, 6) is 0. The van der Waals surface area contributed by atoms with Gasteiger partial charge in [-0.15, -0.1) is 0 Å². The predicted octanol–water partition coefficient (Wildman–Crippen LogP) is 20.0. The van der Waals surface area contributed by atoms with Crippen molar-refractivity contribution in [1.29, 1.82) is 0 Å².